The van der Waals surface area contributed by atoms with Crippen LogP contribution in [0.25, 0.3) is 0 Å². The molecule has 2 aliphatic heterocycles. The van der Waals surface area contributed by atoms with E-state index in [2.05, 4.69) is 74.3 Å². The number of rotatable bonds is 9. The zero-order chi connectivity index (χ0) is 24.9. The van der Waals surface area contributed by atoms with Gasteiger partial charge in [0.2, 0.25) is 5.91 Å². The van der Waals surface area contributed by atoms with Crippen molar-refractivity contribution in [3.63, 3.8) is 0 Å². The van der Waals surface area contributed by atoms with E-state index in [1.807, 2.05) is 16.2 Å². The fraction of sp³-hybridized carbons (Fsp3) is 0.586. The molecule has 2 saturated heterocycles. The van der Waals surface area contributed by atoms with Crippen LogP contribution in [0.2, 0.25) is 0 Å². The second kappa shape index (κ2) is 11.8. The molecule has 4 rings (SSSR count). The molecular weight excluding hydrogens is 454 g/mol. The van der Waals surface area contributed by atoms with Crippen molar-refractivity contribution in [3.05, 3.63) is 57.3 Å². The zero-order valence-electron chi connectivity index (χ0n) is 21.8. The van der Waals surface area contributed by atoms with Crippen LogP contribution in [0.3, 0.4) is 0 Å². The second-order valence-electron chi connectivity index (χ2n) is 10.9. The number of hydrogen-bond acceptors (Lipinski definition) is 5. The summed E-state index contributed by atoms with van der Waals surface area (Å²) in [6.45, 7) is 13.3. The van der Waals surface area contributed by atoms with Gasteiger partial charge in [-0.1, -0.05) is 43.7 Å². The van der Waals surface area contributed by atoms with Crippen molar-refractivity contribution < 1.29 is 9.59 Å². The smallest absolute Gasteiger partial charge is 0.240 e. The number of amides is 1. The molecule has 0 bridgehead atoms. The SMILES string of the molecule is Cc1cccc(CC(C(=O)CC(C)C)[C@H]2C[C@@H](C(=O)N3CCNCC3)N(Cc3ccc(C)s3)C2)c1. The Morgan fingerprint density at radius 3 is 2.54 bits per heavy atom. The van der Waals surface area contributed by atoms with Crippen LogP contribution in [-0.2, 0) is 22.6 Å². The van der Waals surface area contributed by atoms with Crippen molar-refractivity contribution in [1.29, 1.82) is 0 Å². The molecule has 2 aromatic rings. The predicted molar refractivity (Wildman–Crippen MR) is 144 cm³/mol. The lowest BCUT2D eigenvalue weighted by atomic mass is 9.79. The number of Topliss-reactive ketones (excluding diaryl/α,β-unsaturated/α-hetero) is 1. The van der Waals surface area contributed by atoms with Crippen LogP contribution in [0.4, 0.5) is 0 Å². The summed E-state index contributed by atoms with van der Waals surface area (Å²) in [5, 5.41) is 3.36. The van der Waals surface area contributed by atoms with Crippen molar-refractivity contribution in [1.82, 2.24) is 15.1 Å². The predicted octanol–water partition coefficient (Wildman–Crippen LogP) is 4.46. The Bertz CT molecular complexity index is 1010. The zero-order valence-corrected chi connectivity index (χ0v) is 22.6. The van der Waals surface area contributed by atoms with Crippen molar-refractivity contribution in [2.24, 2.45) is 17.8 Å². The van der Waals surface area contributed by atoms with E-state index < -0.39 is 0 Å². The third kappa shape index (κ3) is 6.81. The first-order valence-corrected chi connectivity index (χ1v) is 14.0. The quantitative estimate of drug-likeness (QED) is 0.558. The number of nitrogens with zero attached hydrogens (tertiary/aromatic N) is 2. The number of nitrogens with one attached hydrogen (secondary N) is 1. The molecule has 3 heterocycles. The minimum Gasteiger partial charge on any atom is -0.339 e. The van der Waals surface area contributed by atoms with Gasteiger partial charge < -0.3 is 10.2 Å². The molecule has 0 radical (unpaired) electrons. The van der Waals surface area contributed by atoms with Crippen molar-refractivity contribution in [3.8, 4) is 0 Å². The van der Waals surface area contributed by atoms with Gasteiger partial charge in [0.15, 0.2) is 0 Å². The van der Waals surface area contributed by atoms with Crippen LogP contribution in [0.5, 0.6) is 0 Å². The first kappa shape index (κ1) is 26.1. The molecule has 1 aromatic carbocycles. The summed E-state index contributed by atoms with van der Waals surface area (Å²) in [5.41, 5.74) is 2.45. The van der Waals surface area contributed by atoms with Crippen LogP contribution >= 0.6 is 11.3 Å². The molecule has 1 aromatic heterocycles. The third-order valence-electron chi connectivity index (χ3n) is 7.43. The van der Waals surface area contributed by atoms with Crippen molar-refractivity contribution >= 4 is 23.0 Å². The largest absolute Gasteiger partial charge is 0.339 e. The number of ketones is 1. The average molecular weight is 496 g/mol. The van der Waals surface area contributed by atoms with Gasteiger partial charge in [0.25, 0.3) is 0 Å². The topological polar surface area (TPSA) is 52.7 Å². The fourth-order valence-electron chi connectivity index (χ4n) is 5.72. The van der Waals surface area contributed by atoms with Crippen LogP contribution in [-0.4, -0.2) is 60.3 Å². The van der Waals surface area contributed by atoms with E-state index >= 15 is 0 Å². The molecular formula is C29H41N3O2S. The first-order chi connectivity index (χ1) is 16.8. The Morgan fingerprint density at radius 2 is 1.89 bits per heavy atom. The summed E-state index contributed by atoms with van der Waals surface area (Å²) in [6.07, 6.45) is 2.14. The molecule has 2 fully saturated rings. The Morgan fingerprint density at radius 1 is 1.11 bits per heavy atom. The van der Waals surface area contributed by atoms with Gasteiger partial charge in [-0.15, -0.1) is 11.3 Å². The van der Waals surface area contributed by atoms with Crippen LogP contribution < -0.4 is 5.32 Å². The number of benzene rings is 1. The van der Waals surface area contributed by atoms with Crippen LogP contribution in [0, 0.1) is 31.6 Å². The maximum atomic E-state index is 13.7. The average Bonchev–Trinajstić information content (AvgIpc) is 3.43. The lowest BCUT2D eigenvalue weighted by molar-refractivity contribution is -0.136. The van der Waals surface area contributed by atoms with Crippen LogP contribution in [0.15, 0.2) is 36.4 Å². The third-order valence-corrected chi connectivity index (χ3v) is 8.42. The Kier molecular flexibility index (Phi) is 8.79. The van der Waals surface area contributed by atoms with Crippen LogP contribution in [0.1, 0.15) is 47.6 Å². The fourth-order valence-corrected chi connectivity index (χ4v) is 6.63. The van der Waals surface area contributed by atoms with Gasteiger partial charge in [-0.2, -0.15) is 0 Å². The van der Waals surface area contributed by atoms with Gasteiger partial charge in [0, 0.05) is 61.4 Å². The second-order valence-corrected chi connectivity index (χ2v) is 12.3. The summed E-state index contributed by atoms with van der Waals surface area (Å²) >= 11 is 1.81. The molecule has 5 nitrogen and oxygen atoms in total. The molecule has 190 valence electrons. The number of hydrogen-bond donors (Lipinski definition) is 1. The van der Waals surface area contributed by atoms with E-state index in [0.29, 0.717) is 18.1 Å². The van der Waals surface area contributed by atoms with Gasteiger partial charge in [-0.05, 0) is 56.2 Å². The molecule has 1 amide bonds. The molecule has 0 aliphatic carbocycles. The molecule has 1 unspecified atom stereocenters. The maximum Gasteiger partial charge on any atom is 0.240 e. The van der Waals surface area contributed by atoms with Gasteiger partial charge >= 0.3 is 0 Å². The molecule has 2 aliphatic rings. The first-order valence-electron chi connectivity index (χ1n) is 13.2. The number of carbonyl (C=O) groups is 2. The Balaban J connectivity index is 1.58. The van der Waals surface area contributed by atoms with Gasteiger partial charge in [0.1, 0.15) is 5.78 Å². The summed E-state index contributed by atoms with van der Waals surface area (Å²) in [7, 11) is 0. The normalized spacial score (nSPS) is 22.0. The molecule has 35 heavy (non-hydrogen) atoms. The van der Waals surface area contributed by atoms with Gasteiger partial charge in [0.05, 0.1) is 6.04 Å². The number of thiophene rings is 1. The van der Waals surface area contributed by atoms with E-state index in [-0.39, 0.29) is 23.8 Å². The summed E-state index contributed by atoms with van der Waals surface area (Å²) in [5.74, 6) is 1.08. The standard InChI is InChI=1S/C29H41N3O2S/c1-20(2)14-28(33)26(16-23-7-5-6-21(3)15-23)24-17-27(29(34)31-12-10-30-11-13-31)32(18-24)19-25-9-8-22(4)35-25/h5-9,15,20,24,26-27,30H,10-14,16-19H2,1-4H3/t24-,26?,27-/m0/s1. The number of likely N-dealkylation sites (tertiary alicyclic amines) is 1. The van der Waals surface area contributed by atoms with E-state index in [0.717, 1.165) is 52.1 Å². The minimum absolute atomic E-state index is 0.0485. The van der Waals surface area contributed by atoms with E-state index in [1.165, 1.54) is 20.9 Å². The number of aryl methyl sites for hydroxylation is 2. The van der Waals surface area contributed by atoms with Crippen molar-refractivity contribution in [2.75, 3.05) is 32.7 Å². The number of piperazine rings is 1. The van der Waals surface area contributed by atoms with E-state index in [9.17, 15) is 9.59 Å². The Hall–Kier alpha value is -2.02. The summed E-state index contributed by atoms with van der Waals surface area (Å²) in [6, 6.07) is 12.8. The number of carbonyl (C=O) groups excluding carboxylic acids is 2. The highest BCUT2D eigenvalue weighted by atomic mass is 32.1. The highest BCUT2D eigenvalue weighted by Crippen LogP contribution is 2.35. The maximum absolute atomic E-state index is 13.7. The van der Waals surface area contributed by atoms with E-state index in [4.69, 9.17) is 0 Å². The molecule has 0 spiro atoms. The highest BCUT2D eigenvalue weighted by molar-refractivity contribution is 7.11. The Labute approximate surface area is 214 Å². The minimum atomic E-state index is -0.146. The lowest BCUT2D eigenvalue weighted by Gasteiger charge is -2.32. The highest BCUT2D eigenvalue weighted by Gasteiger charge is 2.43. The molecule has 1 N–H and O–H groups in total. The molecule has 6 heteroatoms. The van der Waals surface area contributed by atoms with Gasteiger partial charge in [-0.3, -0.25) is 14.5 Å². The lowest BCUT2D eigenvalue weighted by Crippen LogP contribution is -2.52. The monoisotopic (exact) mass is 495 g/mol. The molecule has 3 atom stereocenters. The van der Waals surface area contributed by atoms with Crippen molar-refractivity contribution in [2.45, 2.75) is 59.5 Å². The summed E-state index contributed by atoms with van der Waals surface area (Å²) in [4.78, 5) is 34.2. The molecule has 0 saturated carbocycles. The summed E-state index contributed by atoms with van der Waals surface area (Å²) < 4.78 is 0. The van der Waals surface area contributed by atoms with E-state index in [1.54, 1.807) is 0 Å². The van der Waals surface area contributed by atoms with Gasteiger partial charge in [-0.25, -0.2) is 0 Å².